The number of hydrogen-bond donors (Lipinski definition) is 0. The summed E-state index contributed by atoms with van der Waals surface area (Å²) in [5.74, 6) is -1.44. The maximum absolute atomic E-state index is 12.2. The molecule has 0 spiro atoms. The van der Waals surface area contributed by atoms with E-state index in [9.17, 15) is 14.4 Å². The Morgan fingerprint density at radius 2 is 1.07 bits per heavy atom. The number of methoxy groups -OCH3 is 2. The highest BCUT2D eigenvalue weighted by Crippen LogP contribution is 2.22. The Hall–Kier alpha value is -1.39. The van der Waals surface area contributed by atoms with Crippen LogP contribution in [0.1, 0.15) is 85.5 Å². The van der Waals surface area contributed by atoms with Crippen molar-refractivity contribution in [1.29, 1.82) is 0 Å². The van der Waals surface area contributed by atoms with Crippen LogP contribution in [0.3, 0.4) is 0 Å². The first-order valence-electron chi connectivity index (χ1n) is 10.4. The van der Waals surface area contributed by atoms with Crippen LogP contribution in [-0.2, 0) is 23.9 Å². The maximum atomic E-state index is 12.2. The molecule has 0 saturated heterocycles. The van der Waals surface area contributed by atoms with Crippen molar-refractivity contribution >= 4 is 17.7 Å². The van der Waals surface area contributed by atoms with Gasteiger partial charge in [-0.3, -0.25) is 14.4 Å². The van der Waals surface area contributed by atoms with E-state index in [1.54, 1.807) is 0 Å². The zero-order valence-corrected chi connectivity index (χ0v) is 18.2. The van der Waals surface area contributed by atoms with Crippen molar-refractivity contribution in [2.75, 3.05) is 14.2 Å². The number of carbonyl (C=O) groups excluding carboxylic acids is 3. The summed E-state index contributed by atoms with van der Waals surface area (Å²) >= 11 is 0. The quantitative estimate of drug-likeness (QED) is 0.295. The summed E-state index contributed by atoms with van der Waals surface area (Å²) in [4.78, 5) is 35.4. The van der Waals surface area contributed by atoms with Crippen molar-refractivity contribution in [3.8, 4) is 0 Å². The fourth-order valence-electron chi connectivity index (χ4n) is 3.34. The lowest BCUT2D eigenvalue weighted by atomic mass is 9.91. The van der Waals surface area contributed by atoms with E-state index in [0.29, 0.717) is 12.3 Å². The molecule has 0 aromatic heterocycles. The summed E-state index contributed by atoms with van der Waals surface area (Å²) in [5, 5.41) is 0. The molecule has 0 radical (unpaired) electrons. The zero-order chi connectivity index (χ0) is 20.8. The van der Waals surface area contributed by atoms with Crippen LogP contribution in [0.5, 0.6) is 0 Å². The minimum absolute atomic E-state index is 0.199. The largest absolute Gasteiger partial charge is 0.468 e. The molecule has 0 aliphatic heterocycles. The molecule has 0 amide bonds. The highest BCUT2D eigenvalue weighted by atomic mass is 16.5. The first-order valence-corrected chi connectivity index (χ1v) is 10.4. The summed E-state index contributed by atoms with van der Waals surface area (Å²) in [7, 11) is 2.33. The van der Waals surface area contributed by atoms with Crippen LogP contribution in [0.15, 0.2) is 0 Å². The Labute approximate surface area is 165 Å². The highest BCUT2D eigenvalue weighted by molar-refractivity contribution is 6.14. The van der Waals surface area contributed by atoms with E-state index in [4.69, 9.17) is 0 Å². The Bertz CT molecular complexity index is 428. The summed E-state index contributed by atoms with van der Waals surface area (Å²) in [5.41, 5.74) is 0. The first kappa shape index (κ1) is 25.6. The van der Waals surface area contributed by atoms with E-state index in [2.05, 4.69) is 37.2 Å². The molecule has 0 rings (SSSR count). The third kappa shape index (κ3) is 11.8. The molecule has 0 heterocycles. The van der Waals surface area contributed by atoms with Gasteiger partial charge in [0.1, 0.15) is 0 Å². The molecule has 0 aromatic carbocycles. The summed E-state index contributed by atoms with van der Waals surface area (Å²) in [6.45, 7) is 9.08. The lowest BCUT2D eigenvalue weighted by Gasteiger charge is -2.15. The van der Waals surface area contributed by atoms with E-state index in [-0.39, 0.29) is 6.42 Å². The molecular weight excluding hydrogens is 344 g/mol. The average Bonchev–Trinajstić information content (AvgIpc) is 2.61. The molecule has 0 bridgehead atoms. The molecule has 0 unspecified atom stereocenters. The zero-order valence-electron chi connectivity index (χ0n) is 18.2. The van der Waals surface area contributed by atoms with Gasteiger partial charge in [0.15, 0.2) is 5.78 Å². The summed E-state index contributed by atoms with van der Waals surface area (Å²) < 4.78 is 9.08. The van der Waals surface area contributed by atoms with Gasteiger partial charge in [-0.2, -0.15) is 0 Å². The summed E-state index contributed by atoms with van der Waals surface area (Å²) in [6.07, 6.45) is 9.36. The van der Waals surface area contributed by atoms with Crippen molar-refractivity contribution in [3.05, 3.63) is 0 Å². The monoisotopic (exact) mass is 384 g/mol. The third-order valence-electron chi connectivity index (χ3n) is 5.19. The second-order valence-electron chi connectivity index (χ2n) is 8.30. The number of carbonyl (C=O) groups is 3. The smallest absolute Gasteiger partial charge is 0.327 e. The Balaban J connectivity index is 4.04. The molecule has 5 heteroatoms. The van der Waals surface area contributed by atoms with Crippen LogP contribution in [-0.4, -0.2) is 31.9 Å². The van der Waals surface area contributed by atoms with E-state index < -0.39 is 23.6 Å². The molecule has 0 aliphatic carbocycles. The number of Topliss-reactive ketones (excluding diaryl/α,β-unsaturated/α-hetero) is 1. The van der Waals surface area contributed by atoms with Gasteiger partial charge in [-0.25, -0.2) is 0 Å². The molecule has 2 atom stereocenters. The van der Waals surface area contributed by atoms with Gasteiger partial charge in [-0.15, -0.1) is 0 Å². The fourth-order valence-corrected chi connectivity index (χ4v) is 3.34. The van der Waals surface area contributed by atoms with Crippen molar-refractivity contribution in [2.24, 2.45) is 23.7 Å². The molecule has 5 nitrogen and oxygen atoms in total. The predicted molar refractivity (Wildman–Crippen MR) is 107 cm³/mol. The van der Waals surface area contributed by atoms with Gasteiger partial charge in [0, 0.05) is 6.42 Å². The third-order valence-corrected chi connectivity index (χ3v) is 5.19. The second-order valence-corrected chi connectivity index (χ2v) is 8.30. The Morgan fingerprint density at radius 1 is 0.667 bits per heavy atom. The van der Waals surface area contributed by atoms with Crippen LogP contribution < -0.4 is 0 Å². The highest BCUT2D eigenvalue weighted by Gasteiger charge is 2.35. The molecular formula is C22H40O5. The van der Waals surface area contributed by atoms with Crippen LogP contribution in [0.2, 0.25) is 0 Å². The van der Waals surface area contributed by atoms with Gasteiger partial charge in [-0.1, -0.05) is 72.6 Å². The first-order chi connectivity index (χ1) is 12.7. The van der Waals surface area contributed by atoms with Crippen molar-refractivity contribution in [2.45, 2.75) is 85.5 Å². The minimum Gasteiger partial charge on any atom is -0.468 e. The topological polar surface area (TPSA) is 69.7 Å². The van der Waals surface area contributed by atoms with Gasteiger partial charge in [0.05, 0.1) is 14.2 Å². The van der Waals surface area contributed by atoms with Gasteiger partial charge in [0.25, 0.3) is 0 Å². The number of esters is 2. The van der Waals surface area contributed by atoms with Crippen LogP contribution in [0.25, 0.3) is 0 Å². The minimum atomic E-state index is -1.44. The SMILES string of the molecule is COC(=O)C(C(=O)CCC[C@H](C)CCC[C@H](C)CCCC(C)C)C(=O)OC. The predicted octanol–water partition coefficient (Wildman–Crippen LogP) is 4.96. The van der Waals surface area contributed by atoms with Gasteiger partial charge in [-0.05, 0) is 24.2 Å². The van der Waals surface area contributed by atoms with Gasteiger partial charge >= 0.3 is 11.9 Å². The summed E-state index contributed by atoms with van der Waals surface area (Å²) in [6, 6.07) is 0. The fraction of sp³-hybridized carbons (Fsp3) is 0.864. The van der Waals surface area contributed by atoms with Crippen LogP contribution in [0.4, 0.5) is 0 Å². The molecule has 0 N–H and O–H groups in total. The van der Waals surface area contributed by atoms with Crippen molar-refractivity contribution < 1.29 is 23.9 Å². The Morgan fingerprint density at radius 3 is 1.48 bits per heavy atom. The molecule has 158 valence electrons. The maximum Gasteiger partial charge on any atom is 0.327 e. The number of ketones is 1. The Kier molecular flexibility index (Phi) is 13.9. The van der Waals surface area contributed by atoms with E-state index >= 15 is 0 Å². The normalized spacial score (nSPS) is 13.5. The number of rotatable bonds is 15. The molecule has 0 aromatic rings. The second kappa shape index (κ2) is 14.6. The number of ether oxygens (including phenoxy) is 2. The van der Waals surface area contributed by atoms with E-state index in [0.717, 1.165) is 38.9 Å². The standard InChI is InChI=1S/C22H40O5/c1-16(2)10-7-11-17(3)12-8-13-18(4)14-9-15-19(23)20(21(24)26-5)22(25)27-6/h16-18,20H,7-15H2,1-6H3/t17-,18-/m1/s1. The van der Waals surface area contributed by atoms with Crippen LogP contribution in [0, 0.1) is 23.7 Å². The van der Waals surface area contributed by atoms with Crippen LogP contribution >= 0.6 is 0 Å². The van der Waals surface area contributed by atoms with Crippen molar-refractivity contribution in [3.63, 3.8) is 0 Å². The average molecular weight is 385 g/mol. The van der Waals surface area contributed by atoms with Gasteiger partial charge in [0.2, 0.25) is 5.92 Å². The van der Waals surface area contributed by atoms with Gasteiger partial charge < -0.3 is 9.47 Å². The molecule has 27 heavy (non-hydrogen) atoms. The lowest BCUT2D eigenvalue weighted by molar-refractivity contribution is -0.161. The van der Waals surface area contributed by atoms with E-state index in [1.165, 1.54) is 32.1 Å². The lowest BCUT2D eigenvalue weighted by Crippen LogP contribution is -2.33. The number of hydrogen-bond acceptors (Lipinski definition) is 5. The molecule has 0 aliphatic rings. The molecule has 0 fully saturated rings. The van der Waals surface area contributed by atoms with Crippen molar-refractivity contribution in [1.82, 2.24) is 0 Å². The molecule has 0 saturated carbocycles. The van der Waals surface area contributed by atoms with E-state index in [1.807, 2.05) is 0 Å².